The molecule has 88 valence electrons. The first-order chi connectivity index (χ1) is 8.16. The molecule has 0 aliphatic heterocycles. The Bertz CT molecular complexity index is 494. The number of aryl methyl sites for hydroxylation is 2. The SMILES string of the molecule is Cc1cc(NC(C)c2ccccc2)nnc1C. The van der Waals surface area contributed by atoms with Crippen LogP contribution in [0.15, 0.2) is 36.4 Å². The van der Waals surface area contributed by atoms with E-state index in [1.165, 1.54) is 5.56 Å². The Balaban J connectivity index is 2.13. The molecule has 2 aromatic rings. The van der Waals surface area contributed by atoms with E-state index < -0.39 is 0 Å². The lowest BCUT2D eigenvalue weighted by atomic mass is 10.1. The second kappa shape index (κ2) is 4.95. The van der Waals surface area contributed by atoms with Gasteiger partial charge in [0.25, 0.3) is 0 Å². The van der Waals surface area contributed by atoms with Gasteiger partial charge in [-0.05, 0) is 38.0 Å². The standard InChI is InChI=1S/C14H17N3/c1-10-9-14(17-16-11(10)2)15-12(3)13-7-5-4-6-8-13/h4-9,12H,1-3H3,(H,15,17). The first-order valence-electron chi connectivity index (χ1n) is 5.79. The Labute approximate surface area is 102 Å². The van der Waals surface area contributed by atoms with E-state index in [-0.39, 0.29) is 6.04 Å². The average molecular weight is 227 g/mol. The minimum atomic E-state index is 0.229. The van der Waals surface area contributed by atoms with Gasteiger partial charge in [0, 0.05) is 6.04 Å². The number of anilines is 1. The van der Waals surface area contributed by atoms with E-state index in [4.69, 9.17) is 0 Å². The summed E-state index contributed by atoms with van der Waals surface area (Å²) in [6.45, 7) is 6.13. The number of aromatic nitrogens is 2. The number of hydrogen-bond acceptors (Lipinski definition) is 3. The zero-order valence-electron chi connectivity index (χ0n) is 10.4. The van der Waals surface area contributed by atoms with Crippen molar-refractivity contribution in [3.8, 4) is 0 Å². The van der Waals surface area contributed by atoms with Crippen LogP contribution in [0.2, 0.25) is 0 Å². The van der Waals surface area contributed by atoms with Crippen LogP contribution in [-0.4, -0.2) is 10.2 Å². The Morgan fingerprint density at radius 3 is 2.41 bits per heavy atom. The number of benzene rings is 1. The molecule has 3 nitrogen and oxygen atoms in total. The summed E-state index contributed by atoms with van der Waals surface area (Å²) in [5.74, 6) is 0.824. The number of nitrogens with one attached hydrogen (secondary N) is 1. The van der Waals surface area contributed by atoms with E-state index >= 15 is 0 Å². The zero-order valence-corrected chi connectivity index (χ0v) is 10.4. The fourth-order valence-electron chi connectivity index (χ4n) is 1.66. The minimum absolute atomic E-state index is 0.229. The fourth-order valence-corrected chi connectivity index (χ4v) is 1.66. The summed E-state index contributed by atoms with van der Waals surface area (Å²) in [6, 6.07) is 12.6. The number of hydrogen-bond donors (Lipinski definition) is 1. The van der Waals surface area contributed by atoms with E-state index in [0.29, 0.717) is 0 Å². The molecule has 0 aliphatic carbocycles. The number of rotatable bonds is 3. The van der Waals surface area contributed by atoms with Crippen molar-refractivity contribution < 1.29 is 0 Å². The van der Waals surface area contributed by atoms with Gasteiger partial charge in [-0.3, -0.25) is 0 Å². The number of nitrogens with zero attached hydrogens (tertiary/aromatic N) is 2. The Morgan fingerprint density at radius 2 is 1.76 bits per heavy atom. The van der Waals surface area contributed by atoms with Crippen LogP contribution < -0.4 is 5.32 Å². The van der Waals surface area contributed by atoms with Gasteiger partial charge >= 0.3 is 0 Å². The topological polar surface area (TPSA) is 37.8 Å². The summed E-state index contributed by atoms with van der Waals surface area (Å²) in [7, 11) is 0. The van der Waals surface area contributed by atoms with Crippen LogP contribution in [0.3, 0.4) is 0 Å². The van der Waals surface area contributed by atoms with Crippen molar-refractivity contribution in [2.45, 2.75) is 26.8 Å². The van der Waals surface area contributed by atoms with Crippen LogP contribution >= 0.6 is 0 Å². The maximum atomic E-state index is 4.14. The van der Waals surface area contributed by atoms with Crippen molar-refractivity contribution in [3.05, 3.63) is 53.2 Å². The smallest absolute Gasteiger partial charge is 0.149 e. The Hall–Kier alpha value is -1.90. The van der Waals surface area contributed by atoms with Gasteiger partial charge in [-0.1, -0.05) is 30.3 Å². The molecule has 1 N–H and O–H groups in total. The summed E-state index contributed by atoms with van der Waals surface area (Å²) in [5.41, 5.74) is 3.37. The molecule has 0 saturated carbocycles. The molecule has 1 atom stereocenters. The van der Waals surface area contributed by atoms with Crippen molar-refractivity contribution in [2.24, 2.45) is 0 Å². The monoisotopic (exact) mass is 227 g/mol. The lowest BCUT2D eigenvalue weighted by Crippen LogP contribution is -2.09. The highest BCUT2D eigenvalue weighted by atomic mass is 15.2. The average Bonchev–Trinajstić information content (AvgIpc) is 2.35. The van der Waals surface area contributed by atoms with Gasteiger partial charge in [0.05, 0.1) is 5.69 Å². The highest BCUT2D eigenvalue weighted by Gasteiger charge is 2.06. The predicted octanol–water partition coefficient (Wildman–Crippen LogP) is 3.27. The third-order valence-corrected chi connectivity index (χ3v) is 2.90. The van der Waals surface area contributed by atoms with E-state index in [1.807, 2.05) is 38.1 Å². The van der Waals surface area contributed by atoms with Gasteiger partial charge in [0.1, 0.15) is 5.82 Å². The van der Waals surface area contributed by atoms with Gasteiger partial charge in [0.2, 0.25) is 0 Å². The minimum Gasteiger partial charge on any atom is -0.362 e. The zero-order chi connectivity index (χ0) is 12.3. The van der Waals surface area contributed by atoms with Crippen molar-refractivity contribution in [2.75, 3.05) is 5.32 Å². The highest BCUT2D eigenvalue weighted by molar-refractivity contribution is 5.40. The van der Waals surface area contributed by atoms with Crippen LogP contribution in [0.5, 0.6) is 0 Å². The molecule has 0 amide bonds. The molecule has 1 heterocycles. The molecular formula is C14H17N3. The summed E-state index contributed by atoms with van der Waals surface area (Å²) in [5, 5.41) is 11.6. The van der Waals surface area contributed by atoms with Gasteiger partial charge < -0.3 is 5.32 Å². The largest absolute Gasteiger partial charge is 0.362 e. The normalized spacial score (nSPS) is 12.2. The van der Waals surface area contributed by atoms with E-state index in [1.54, 1.807) is 0 Å². The molecular weight excluding hydrogens is 210 g/mol. The molecule has 0 spiro atoms. The Morgan fingerprint density at radius 1 is 1.06 bits per heavy atom. The lowest BCUT2D eigenvalue weighted by molar-refractivity contribution is 0.852. The third kappa shape index (κ3) is 2.81. The van der Waals surface area contributed by atoms with Gasteiger partial charge in [-0.2, -0.15) is 5.10 Å². The second-order valence-electron chi connectivity index (χ2n) is 4.27. The predicted molar refractivity (Wildman–Crippen MR) is 70.0 cm³/mol. The molecule has 1 unspecified atom stereocenters. The molecule has 0 bridgehead atoms. The van der Waals surface area contributed by atoms with Crippen LogP contribution in [0.1, 0.15) is 29.8 Å². The molecule has 1 aromatic carbocycles. The summed E-state index contributed by atoms with van der Waals surface area (Å²) in [4.78, 5) is 0. The molecule has 3 heteroatoms. The van der Waals surface area contributed by atoms with E-state index in [0.717, 1.165) is 17.1 Å². The molecule has 0 fully saturated rings. The van der Waals surface area contributed by atoms with Crippen LogP contribution in [0, 0.1) is 13.8 Å². The summed E-state index contributed by atoms with van der Waals surface area (Å²) >= 11 is 0. The quantitative estimate of drug-likeness (QED) is 0.874. The second-order valence-corrected chi connectivity index (χ2v) is 4.27. The first-order valence-corrected chi connectivity index (χ1v) is 5.79. The van der Waals surface area contributed by atoms with Crippen LogP contribution in [-0.2, 0) is 0 Å². The van der Waals surface area contributed by atoms with E-state index in [2.05, 4.69) is 34.6 Å². The van der Waals surface area contributed by atoms with Gasteiger partial charge in [0.15, 0.2) is 0 Å². The van der Waals surface area contributed by atoms with Crippen LogP contribution in [0.4, 0.5) is 5.82 Å². The lowest BCUT2D eigenvalue weighted by Gasteiger charge is -2.14. The third-order valence-electron chi connectivity index (χ3n) is 2.90. The molecule has 0 radical (unpaired) electrons. The molecule has 0 aliphatic rings. The Kier molecular flexibility index (Phi) is 3.38. The molecule has 0 saturated heterocycles. The molecule has 2 rings (SSSR count). The maximum Gasteiger partial charge on any atom is 0.149 e. The summed E-state index contributed by atoms with van der Waals surface area (Å²) in [6.07, 6.45) is 0. The molecule has 1 aromatic heterocycles. The van der Waals surface area contributed by atoms with Crippen LogP contribution in [0.25, 0.3) is 0 Å². The van der Waals surface area contributed by atoms with Crippen molar-refractivity contribution in [3.63, 3.8) is 0 Å². The van der Waals surface area contributed by atoms with Gasteiger partial charge in [-0.25, -0.2) is 0 Å². The highest BCUT2D eigenvalue weighted by Crippen LogP contribution is 2.17. The fraction of sp³-hybridized carbons (Fsp3) is 0.286. The van der Waals surface area contributed by atoms with Crippen molar-refractivity contribution >= 4 is 5.82 Å². The van der Waals surface area contributed by atoms with E-state index in [9.17, 15) is 0 Å². The first kappa shape index (κ1) is 11.6. The maximum absolute atomic E-state index is 4.14. The van der Waals surface area contributed by atoms with Gasteiger partial charge in [-0.15, -0.1) is 5.10 Å². The van der Waals surface area contributed by atoms with Crippen molar-refractivity contribution in [1.82, 2.24) is 10.2 Å². The van der Waals surface area contributed by atoms with Crippen molar-refractivity contribution in [1.29, 1.82) is 0 Å². The summed E-state index contributed by atoms with van der Waals surface area (Å²) < 4.78 is 0. The molecule has 17 heavy (non-hydrogen) atoms.